The van der Waals surface area contributed by atoms with Gasteiger partial charge in [0.15, 0.2) is 0 Å². The summed E-state index contributed by atoms with van der Waals surface area (Å²) in [7, 11) is 0. The molecule has 1 aliphatic rings. The van der Waals surface area contributed by atoms with Crippen LogP contribution in [0.2, 0.25) is 0 Å². The van der Waals surface area contributed by atoms with Crippen molar-refractivity contribution in [1.82, 2.24) is 4.90 Å². The lowest BCUT2D eigenvalue weighted by molar-refractivity contribution is 0.493. The van der Waals surface area contributed by atoms with Crippen LogP contribution >= 0.6 is 0 Å². The number of nitrogens with zero attached hydrogens (tertiary/aromatic N) is 1. The van der Waals surface area contributed by atoms with Gasteiger partial charge in [-0.3, -0.25) is 4.90 Å². The van der Waals surface area contributed by atoms with Gasteiger partial charge in [0.2, 0.25) is 0 Å². The molecule has 1 heterocycles. The molecule has 3 rings (SSSR count). The van der Waals surface area contributed by atoms with E-state index >= 15 is 0 Å². The predicted molar refractivity (Wildman–Crippen MR) is 75.2 cm³/mol. The van der Waals surface area contributed by atoms with Crippen LogP contribution in [-0.2, 0) is 6.54 Å². The van der Waals surface area contributed by atoms with Gasteiger partial charge in [0.05, 0.1) is 6.04 Å². The van der Waals surface area contributed by atoms with Crippen molar-refractivity contribution in [3.63, 3.8) is 0 Å². The molecule has 0 N–H and O–H groups in total. The molecule has 1 aliphatic heterocycles. The van der Waals surface area contributed by atoms with Crippen LogP contribution in [0.5, 0.6) is 0 Å². The largest absolute Gasteiger partial charge is 0.282 e. The minimum absolute atomic E-state index is 0.479. The molecule has 18 heavy (non-hydrogen) atoms. The summed E-state index contributed by atoms with van der Waals surface area (Å²) in [6.45, 7) is 4.95. The topological polar surface area (TPSA) is 3.01 Å². The maximum Gasteiger partial charge on any atom is 0.0549 e. The van der Waals surface area contributed by atoms with Gasteiger partial charge in [0, 0.05) is 12.6 Å². The monoisotopic (exact) mass is 235 g/mol. The van der Waals surface area contributed by atoms with Gasteiger partial charge in [-0.2, -0.15) is 0 Å². The third-order valence-electron chi connectivity index (χ3n) is 3.56. The standard InChI is InChI=1S/C17H17N/c1-2-16-17(15-11-7-4-8-12-15)18(16)13-14-9-5-3-6-10-14/h2-12,16-17H,1,13H2/t16-,17+,18?/m0/s1. The minimum Gasteiger partial charge on any atom is -0.282 e. The van der Waals surface area contributed by atoms with E-state index in [1.54, 1.807) is 0 Å². The molecule has 90 valence electrons. The zero-order valence-corrected chi connectivity index (χ0v) is 10.4. The first kappa shape index (κ1) is 11.2. The van der Waals surface area contributed by atoms with Gasteiger partial charge in [0.1, 0.15) is 0 Å². The Morgan fingerprint density at radius 2 is 1.56 bits per heavy atom. The first-order valence-corrected chi connectivity index (χ1v) is 6.37. The van der Waals surface area contributed by atoms with E-state index < -0.39 is 0 Å². The summed E-state index contributed by atoms with van der Waals surface area (Å²) in [5.41, 5.74) is 2.75. The molecular weight excluding hydrogens is 218 g/mol. The van der Waals surface area contributed by atoms with Crippen molar-refractivity contribution in [3.05, 3.63) is 84.4 Å². The molecular formula is C17H17N. The van der Waals surface area contributed by atoms with Gasteiger partial charge < -0.3 is 0 Å². The summed E-state index contributed by atoms with van der Waals surface area (Å²) in [5, 5.41) is 0. The highest BCUT2D eigenvalue weighted by atomic mass is 15.3. The molecule has 3 atom stereocenters. The smallest absolute Gasteiger partial charge is 0.0549 e. The molecule has 0 amide bonds. The Hall–Kier alpha value is -1.86. The van der Waals surface area contributed by atoms with Gasteiger partial charge in [0.25, 0.3) is 0 Å². The van der Waals surface area contributed by atoms with Crippen molar-refractivity contribution < 1.29 is 0 Å². The molecule has 0 radical (unpaired) electrons. The first-order valence-electron chi connectivity index (χ1n) is 6.37. The normalized spacial score (nSPS) is 25.7. The Labute approximate surface area is 108 Å². The second kappa shape index (κ2) is 4.79. The van der Waals surface area contributed by atoms with E-state index in [4.69, 9.17) is 0 Å². The van der Waals surface area contributed by atoms with E-state index in [0.29, 0.717) is 12.1 Å². The highest BCUT2D eigenvalue weighted by Crippen LogP contribution is 2.44. The van der Waals surface area contributed by atoms with Crippen molar-refractivity contribution in [3.8, 4) is 0 Å². The minimum atomic E-state index is 0.479. The summed E-state index contributed by atoms with van der Waals surface area (Å²) in [6, 6.07) is 22.3. The van der Waals surface area contributed by atoms with Gasteiger partial charge in [-0.15, -0.1) is 6.58 Å². The highest BCUT2D eigenvalue weighted by Gasteiger charge is 2.45. The molecule has 1 saturated heterocycles. The Balaban J connectivity index is 1.76. The SMILES string of the molecule is C=C[C@H]1[C@@H](c2ccccc2)N1Cc1ccccc1. The summed E-state index contributed by atoms with van der Waals surface area (Å²) < 4.78 is 0. The second-order valence-corrected chi connectivity index (χ2v) is 4.74. The van der Waals surface area contributed by atoms with E-state index in [0.717, 1.165) is 6.54 Å². The Kier molecular flexibility index (Phi) is 2.99. The number of benzene rings is 2. The first-order chi connectivity index (χ1) is 8.90. The third kappa shape index (κ3) is 2.09. The molecule has 2 aromatic carbocycles. The van der Waals surface area contributed by atoms with Crippen molar-refractivity contribution >= 4 is 0 Å². The van der Waals surface area contributed by atoms with E-state index in [9.17, 15) is 0 Å². The van der Waals surface area contributed by atoms with Gasteiger partial charge >= 0.3 is 0 Å². The van der Waals surface area contributed by atoms with Crippen LogP contribution in [0.4, 0.5) is 0 Å². The van der Waals surface area contributed by atoms with Crippen molar-refractivity contribution in [1.29, 1.82) is 0 Å². The van der Waals surface area contributed by atoms with E-state index in [1.807, 2.05) is 0 Å². The predicted octanol–water partition coefficient (Wildman–Crippen LogP) is 3.80. The zero-order valence-electron chi connectivity index (χ0n) is 10.4. The highest BCUT2D eigenvalue weighted by molar-refractivity contribution is 5.31. The van der Waals surface area contributed by atoms with Crippen LogP contribution in [0.1, 0.15) is 17.2 Å². The van der Waals surface area contributed by atoms with Gasteiger partial charge in [-0.25, -0.2) is 0 Å². The van der Waals surface area contributed by atoms with Gasteiger partial charge in [-0.05, 0) is 11.1 Å². The summed E-state index contributed by atoms with van der Waals surface area (Å²) in [5.74, 6) is 0. The summed E-state index contributed by atoms with van der Waals surface area (Å²) in [4.78, 5) is 2.47. The van der Waals surface area contributed by atoms with Crippen LogP contribution in [0, 0.1) is 0 Å². The van der Waals surface area contributed by atoms with Crippen LogP contribution in [0.25, 0.3) is 0 Å². The molecule has 1 unspecified atom stereocenters. The summed E-state index contributed by atoms with van der Waals surface area (Å²) in [6.07, 6.45) is 2.06. The Morgan fingerprint density at radius 3 is 2.17 bits per heavy atom. The van der Waals surface area contributed by atoms with Crippen LogP contribution in [0.3, 0.4) is 0 Å². The fourth-order valence-corrected chi connectivity index (χ4v) is 2.60. The van der Waals surface area contributed by atoms with E-state index in [2.05, 4.69) is 78.2 Å². The number of hydrogen-bond donors (Lipinski definition) is 0. The van der Waals surface area contributed by atoms with Crippen molar-refractivity contribution in [2.45, 2.75) is 18.6 Å². The number of rotatable bonds is 4. The molecule has 1 heteroatoms. The number of hydrogen-bond acceptors (Lipinski definition) is 1. The second-order valence-electron chi connectivity index (χ2n) is 4.74. The molecule has 0 aromatic heterocycles. The molecule has 1 fully saturated rings. The Morgan fingerprint density at radius 1 is 0.944 bits per heavy atom. The fraction of sp³-hybridized carbons (Fsp3) is 0.176. The molecule has 0 bridgehead atoms. The summed E-state index contributed by atoms with van der Waals surface area (Å²) >= 11 is 0. The maximum absolute atomic E-state index is 3.95. The molecule has 1 nitrogen and oxygen atoms in total. The molecule has 0 saturated carbocycles. The van der Waals surface area contributed by atoms with Crippen LogP contribution in [-0.4, -0.2) is 10.9 Å². The van der Waals surface area contributed by atoms with Gasteiger partial charge in [-0.1, -0.05) is 66.7 Å². The maximum atomic E-state index is 3.95. The quantitative estimate of drug-likeness (QED) is 0.575. The lowest BCUT2D eigenvalue weighted by atomic mass is 10.1. The third-order valence-corrected chi connectivity index (χ3v) is 3.56. The van der Waals surface area contributed by atoms with E-state index in [-0.39, 0.29) is 0 Å². The average molecular weight is 235 g/mol. The van der Waals surface area contributed by atoms with Crippen molar-refractivity contribution in [2.24, 2.45) is 0 Å². The lowest BCUT2D eigenvalue weighted by Crippen LogP contribution is -2.00. The lowest BCUT2D eigenvalue weighted by Gasteiger charge is -2.04. The van der Waals surface area contributed by atoms with E-state index in [1.165, 1.54) is 11.1 Å². The zero-order chi connectivity index (χ0) is 12.4. The fourth-order valence-electron chi connectivity index (χ4n) is 2.60. The van der Waals surface area contributed by atoms with Crippen LogP contribution < -0.4 is 0 Å². The Bertz CT molecular complexity index is 518. The van der Waals surface area contributed by atoms with Crippen molar-refractivity contribution in [2.75, 3.05) is 0 Å². The van der Waals surface area contributed by atoms with Crippen LogP contribution in [0.15, 0.2) is 73.3 Å². The average Bonchev–Trinajstić information content (AvgIpc) is 3.14. The molecule has 0 aliphatic carbocycles. The molecule has 0 spiro atoms. The molecule has 2 aromatic rings.